The van der Waals surface area contributed by atoms with Crippen LogP contribution in [0.3, 0.4) is 0 Å². The molecule has 2 aromatic carbocycles. The van der Waals surface area contributed by atoms with E-state index in [1.165, 1.54) is 0 Å². The molecule has 0 N–H and O–H groups in total. The Hall–Kier alpha value is -4.11. The van der Waals surface area contributed by atoms with Crippen LogP contribution in [0.1, 0.15) is 137 Å². The van der Waals surface area contributed by atoms with Gasteiger partial charge in [-0.25, -0.2) is 14.4 Å². The highest BCUT2D eigenvalue weighted by atomic mass is 28.4. The SMILES string of the molecule is COc1ccc(CO[C@@H]2/C=C\[C@@H](C)[C@H](C)OC(=O)c3c(cc(N(CC4CCN(C(=O)OC(C)(C)C)CC4)C(=O)OC(C)(C)C)cc3O[Si](C)(C)C(C)(C)C)CCC[C@@H]3OC(C)(C)O[C@@H]32)cc1. The summed E-state index contributed by atoms with van der Waals surface area (Å²) in [6.07, 6.45) is 4.46. The van der Waals surface area contributed by atoms with Gasteiger partial charge in [-0.1, -0.05) is 52.0 Å². The Balaban J connectivity index is 1.56. The van der Waals surface area contributed by atoms with E-state index in [4.69, 9.17) is 37.6 Å². The molecule has 0 spiro atoms. The number of carbonyl (C=O) groups excluding carboxylic acids is 3. The molecule has 0 aliphatic carbocycles. The van der Waals surface area contributed by atoms with Gasteiger partial charge in [0.05, 0.1) is 25.5 Å². The average molecular weight is 937 g/mol. The molecular formula is C52H80N2O11Si. The van der Waals surface area contributed by atoms with E-state index in [1.54, 1.807) is 16.9 Å². The lowest BCUT2D eigenvalue weighted by Crippen LogP contribution is -2.46. The van der Waals surface area contributed by atoms with Gasteiger partial charge < -0.3 is 42.5 Å². The van der Waals surface area contributed by atoms with Gasteiger partial charge in [-0.05, 0) is 148 Å². The van der Waals surface area contributed by atoms with Crippen LogP contribution >= 0.6 is 0 Å². The first kappa shape index (κ1) is 52.9. The predicted molar refractivity (Wildman–Crippen MR) is 260 cm³/mol. The summed E-state index contributed by atoms with van der Waals surface area (Å²) < 4.78 is 50.5. The summed E-state index contributed by atoms with van der Waals surface area (Å²) in [4.78, 5) is 45.6. The third-order valence-corrected chi connectivity index (χ3v) is 17.2. The number of benzene rings is 2. The number of fused-ring (bicyclic) bond motifs is 2. The largest absolute Gasteiger partial charge is 0.543 e. The monoisotopic (exact) mass is 937 g/mol. The standard InChI is InChI=1S/C52H80N2O11Si/c1-34-20-25-41(59-33-37-21-23-40(58-14)24-22-37)45-42(61-52(12,13)62-45)19-17-18-38-30-39(31-43(44(38)46(55)60-35(34)2)65-66(15,16)51(9,10)11)54(48(57)64-50(6,7)8)32-36-26-28-53(29-27-36)47(56)63-49(3,4)5/h20-25,30-31,34-36,41-42,45H,17-19,26-29,32-33H2,1-16H3/b25-20-/t34-,35+,41-,42+,45-/m1/s1. The van der Waals surface area contributed by atoms with Crippen molar-refractivity contribution in [3.63, 3.8) is 0 Å². The third-order valence-electron chi connectivity index (χ3n) is 12.9. The molecule has 368 valence electrons. The van der Waals surface area contributed by atoms with Crippen molar-refractivity contribution >= 4 is 32.2 Å². The number of rotatable bonds is 9. The summed E-state index contributed by atoms with van der Waals surface area (Å²) in [5, 5.41) is -0.214. The highest BCUT2D eigenvalue weighted by Crippen LogP contribution is 2.42. The number of hydrogen-bond acceptors (Lipinski definition) is 11. The van der Waals surface area contributed by atoms with Gasteiger partial charge in [0.1, 0.15) is 46.6 Å². The molecule has 5 rings (SSSR count). The highest BCUT2D eigenvalue weighted by molar-refractivity contribution is 6.74. The smallest absolute Gasteiger partial charge is 0.414 e. The number of cyclic esters (lactones) is 1. The maximum atomic E-state index is 14.8. The molecule has 2 amide bonds. The van der Waals surface area contributed by atoms with Gasteiger partial charge in [-0.2, -0.15) is 0 Å². The zero-order valence-electron chi connectivity index (χ0n) is 42.8. The molecule has 3 aliphatic rings. The van der Waals surface area contributed by atoms with E-state index in [1.807, 2.05) is 118 Å². The molecule has 66 heavy (non-hydrogen) atoms. The topological polar surface area (TPSA) is 132 Å². The second-order valence-electron chi connectivity index (χ2n) is 22.4. The minimum Gasteiger partial charge on any atom is -0.543 e. The summed E-state index contributed by atoms with van der Waals surface area (Å²) >= 11 is 0. The van der Waals surface area contributed by atoms with Gasteiger partial charge in [0, 0.05) is 31.6 Å². The second kappa shape index (κ2) is 21.0. The van der Waals surface area contributed by atoms with Crippen molar-refractivity contribution in [1.82, 2.24) is 4.90 Å². The zero-order valence-corrected chi connectivity index (χ0v) is 43.8. The second-order valence-corrected chi connectivity index (χ2v) is 27.1. The molecule has 0 radical (unpaired) electrons. The Bertz CT molecular complexity index is 2010. The Kier molecular flexibility index (Phi) is 16.8. The van der Waals surface area contributed by atoms with E-state index in [9.17, 15) is 14.4 Å². The average Bonchev–Trinajstić information content (AvgIpc) is 3.51. The van der Waals surface area contributed by atoms with Crippen LogP contribution in [-0.4, -0.2) is 99.5 Å². The van der Waals surface area contributed by atoms with Crippen molar-refractivity contribution in [3.05, 3.63) is 65.2 Å². The molecule has 2 saturated heterocycles. The maximum Gasteiger partial charge on any atom is 0.414 e. The summed E-state index contributed by atoms with van der Waals surface area (Å²) in [5.74, 6) is -0.334. The summed E-state index contributed by atoms with van der Waals surface area (Å²) in [6, 6.07) is 11.6. The quantitative estimate of drug-likeness (QED) is 0.103. The highest BCUT2D eigenvalue weighted by Gasteiger charge is 2.45. The molecule has 14 heteroatoms. The number of esters is 1. The van der Waals surface area contributed by atoms with Crippen LogP contribution in [-0.2, 0) is 41.4 Å². The van der Waals surface area contributed by atoms with E-state index in [-0.39, 0.29) is 29.1 Å². The lowest BCUT2D eigenvalue weighted by atomic mass is 9.94. The number of amides is 2. The molecule has 3 heterocycles. The third kappa shape index (κ3) is 14.4. The molecular weight excluding hydrogens is 857 g/mol. The van der Waals surface area contributed by atoms with Crippen molar-refractivity contribution < 1.29 is 52.0 Å². The number of piperidine rings is 1. The van der Waals surface area contributed by atoms with Gasteiger partial charge in [-0.3, -0.25) is 4.90 Å². The Morgan fingerprint density at radius 2 is 1.52 bits per heavy atom. The van der Waals surface area contributed by atoms with Gasteiger partial charge in [0.15, 0.2) is 5.79 Å². The number of ether oxygens (including phenoxy) is 7. The molecule has 5 atom stereocenters. The fourth-order valence-corrected chi connectivity index (χ4v) is 9.06. The number of methoxy groups -OCH3 is 1. The summed E-state index contributed by atoms with van der Waals surface area (Å²) in [5.41, 5.74) is 1.24. The molecule has 0 unspecified atom stereocenters. The Morgan fingerprint density at radius 1 is 0.879 bits per heavy atom. The first-order valence-corrected chi connectivity index (χ1v) is 26.8. The fourth-order valence-electron chi connectivity index (χ4n) is 8.04. The number of likely N-dealkylation sites (tertiary alicyclic amines) is 1. The lowest BCUT2D eigenvalue weighted by molar-refractivity contribution is -0.156. The van der Waals surface area contributed by atoms with Crippen LogP contribution in [0.4, 0.5) is 15.3 Å². The van der Waals surface area contributed by atoms with Crippen LogP contribution in [0.5, 0.6) is 11.5 Å². The number of carbonyl (C=O) groups is 3. The molecule has 0 saturated carbocycles. The van der Waals surface area contributed by atoms with Gasteiger partial charge in [0.25, 0.3) is 8.32 Å². The van der Waals surface area contributed by atoms with Gasteiger partial charge >= 0.3 is 18.2 Å². The normalized spacial score (nSPS) is 24.0. The predicted octanol–water partition coefficient (Wildman–Crippen LogP) is 11.6. The minimum atomic E-state index is -2.59. The van der Waals surface area contributed by atoms with Gasteiger partial charge in [0.2, 0.25) is 0 Å². The number of nitrogens with zero attached hydrogens (tertiary/aromatic N) is 2. The number of anilines is 1. The first-order valence-electron chi connectivity index (χ1n) is 23.9. The molecule has 0 aromatic heterocycles. The Morgan fingerprint density at radius 3 is 2.11 bits per heavy atom. The molecule has 2 aromatic rings. The summed E-state index contributed by atoms with van der Waals surface area (Å²) in [7, 11) is -0.945. The number of aryl methyl sites for hydroxylation is 1. The van der Waals surface area contributed by atoms with Crippen molar-refractivity contribution in [2.75, 3.05) is 31.6 Å². The summed E-state index contributed by atoms with van der Waals surface area (Å²) in [6.45, 7) is 31.3. The van der Waals surface area contributed by atoms with Crippen molar-refractivity contribution in [2.24, 2.45) is 11.8 Å². The molecule has 3 aliphatic heterocycles. The molecule has 2 fully saturated rings. The fraction of sp³-hybridized carbons (Fsp3) is 0.673. The van der Waals surface area contributed by atoms with Crippen LogP contribution in [0.25, 0.3) is 0 Å². The first-order chi connectivity index (χ1) is 30.5. The van der Waals surface area contributed by atoms with Crippen molar-refractivity contribution in [1.29, 1.82) is 0 Å². The van der Waals surface area contributed by atoms with Gasteiger partial charge in [-0.15, -0.1) is 0 Å². The van der Waals surface area contributed by atoms with Crippen molar-refractivity contribution in [2.45, 2.75) is 188 Å². The van der Waals surface area contributed by atoms with E-state index in [0.717, 1.165) is 11.3 Å². The number of hydrogen-bond donors (Lipinski definition) is 0. The van der Waals surface area contributed by atoms with E-state index < -0.39 is 55.7 Å². The Labute approximate surface area is 396 Å². The van der Waals surface area contributed by atoms with E-state index in [0.29, 0.717) is 80.9 Å². The maximum absolute atomic E-state index is 14.8. The van der Waals surface area contributed by atoms with Crippen LogP contribution in [0.2, 0.25) is 18.1 Å². The molecule has 0 bridgehead atoms. The van der Waals surface area contributed by atoms with E-state index in [2.05, 4.69) is 33.9 Å². The van der Waals surface area contributed by atoms with Crippen LogP contribution < -0.4 is 14.1 Å². The van der Waals surface area contributed by atoms with Crippen molar-refractivity contribution in [3.8, 4) is 11.5 Å². The van der Waals surface area contributed by atoms with E-state index >= 15 is 0 Å². The zero-order chi connectivity index (χ0) is 49.0. The lowest BCUT2D eigenvalue weighted by Gasteiger charge is -2.38. The van der Waals surface area contributed by atoms with Crippen LogP contribution in [0, 0.1) is 11.8 Å². The molecule has 13 nitrogen and oxygen atoms in total. The minimum absolute atomic E-state index is 0.0506. The van der Waals surface area contributed by atoms with Crippen LogP contribution in [0.15, 0.2) is 48.6 Å².